The SMILES string of the molecule is NCCC(Cc1ccc(CO)cc1)C(=O)O. The molecule has 0 aliphatic rings. The summed E-state index contributed by atoms with van der Waals surface area (Å²) in [6, 6.07) is 7.30. The van der Waals surface area contributed by atoms with Crippen molar-refractivity contribution in [1.82, 2.24) is 0 Å². The van der Waals surface area contributed by atoms with E-state index in [1.54, 1.807) is 12.1 Å². The van der Waals surface area contributed by atoms with Crippen LogP contribution in [0.25, 0.3) is 0 Å². The third-order valence-corrected chi connectivity index (χ3v) is 2.55. The largest absolute Gasteiger partial charge is 0.481 e. The molecule has 0 aliphatic heterocycles. The number of carboxylic acids is 1. The highest BCUT2D eigenvalue weighted by Crippen LogP contribution is 2.13. The molecule has 0 heterocycles. The van der Waals surface area contributed by atoms with E-state index in [1.165, 1.54) is 0 Å². The highest BCUT2D eigenvalue weighted by atomic mass is 16.4. The number of nitrogens with two attached hydrogens (primary N) is 1. The quantitative estimate of drug-likeness (QED) is 0.665. The topological polar surface area (TPSA) is 83.5 Å². The summed E-state index contributed by atoms with van der Waals surface area (Å²) in [5, 5.41) is 17.8. The van der Waals surface area contributed by atoms with Crippen molar-refractivity contribution in [2.24, 2.45) is 11.7 Å². The average Bonchev–Trinajstić information content (AvgIpc) is 2.29. The van der Waals surface area contributed by atoms with Gasteiger partial charge >= 0.3 is 5.97 Å². The molecule has 0 amide bonds. The van der Waals surface area contributed by atoms with Gasteiger partial charge in [-0.1, -0.05) is 24.3 Å². The average molecular weight is 223 g/mol. The van der Waals surface area contributed by atoms with Crippen LogP contribution in [0.5, 0.6) is 0 Å². The molecule has 4 nitrogen and oxygen atoms in total. The van der Waals surface area contributed by atoms with Crippen LogP contribution in [0.4, 0.5) is 0 Å². The minimum absolute atomic E-state index is 0.00540. The van der Waals surface area contributed by atoms with Crippen molar-refractivity contribution in [3.8, 4) is 0 Å². The molecule has 0 saturated heterocycles. The van der Waals surface area contributed by atoms with Crippen molar-refractivity contribution in [2.75, 3.05) is 6.54 Å². The van der Waals surface area contributed by atoms with E-state index < -0.39 is 11.9 Å². The number of aliphatic hydroxyl groups is 1. The second-order valence-corrected chi connectivity index (χ2v) is 3.79. The maximum absolute atomic E-state index is 10.9. The molecule has 1 aromatic carbocycles. The lowest BCUT2D eigenvalue weighted by Gasteiger charge is -2.11. The van der Waals surface area contributed by atoms with Gasteiger partial charge in [0.1, 0.15) is 0 Å². The number of aliphatic hydroxyl groups excluding tert-OH is 1. The fraction of sp³-hybridized carbons (Fsp3) is 0.417. The minimum atomic E-state index is -0.809. The van der Waals surface area contributed by atoms with Crippen LogP contribution in [-0.2, 0) is 17.8 Å². The van der Waals surface area contributed by atoms with Crippen LogP contribution in [-0.4, -0.2) is 22.7 Å². The molecule has 0 spiro atoms. The zero-order valence-electron chi connectivity index (χ0n) is 9.10. The molecular weight excluding hydrogens is 206 g/mol. The van der Waals surface area contributed by atoms with Crippen LogP contribution in [0.1, 0.15) is 17.5 Å². The third-order valence-electron chi connectivity index (χ3n) is 2.55. The van der Waals surface area contributed by atoms with Crippen molar-refractivity contribution in [1.29, 1.82) is 0 Å². The lowest BCUT2D eigenvalue weighted by Crippen LogP contribution is -2.20. The molecule has 0 radical (unpaired) electrons. The summed E-state index contributed by atoms with van der Waals surface area (Å²) in [4.78, 5) is 10.9. The summed E-state index contributed by atoms with van der Waals surface area (Å²) in [6.07, 6.45) is 0.968. The first-order valence-corrected chi connectivity index (χ1v) is 5.29. The first-order chi connectivity index (χ1) is 7.67. The molecule has 0 aromatic heterocycles. The molecular formula is C12H17NO3. The predicted octanol–water partition coefficient (Wildman–Crippen LogP) is 0.771. The molecule has 1 unspecified atom stereocenters. The first kappa shape index (κ1) is 12.7. The Kier molecular flexibility index (Phi) is 4.95. The van der Waals surface area contributed by atoms with Crippen molar-refractivity contribution in [3.63, 3.8) is 0 Å². The fourth-order valence-electron chi connectivity index (χ4n) is 1.58. The molecule has 1 rings (SSSR count). The number of rotatable bonds is 6. The van der Waals surface area contributed by atoms with Gasteiger partial charge < -0.3 is 15.9 Å². The van der Waals surface area contributed by atoms with Gasteiger partial charge in [0, 0.05) is 0 Å². The van der Waals surface area contributed by atoms with E-state index in [0.29, 0.717) is 19.4 Å². The summed E-state index contributed by atoms with van der Waals surface area (Å²) in [7, 11) is 0. The molecule has 1 aromatic rings. The summed E-state index contributed by atoms with van der Waals surface area (Å²) < 4.78 is 0. The monoisotopic (exact) mass is 223 g/mol. The van der Waals surface area contributed by atoms with Gasteiger partial charge in [0.2, 0.25) is 0 Å². The van der Waals surface area contributed by atoms with Crippen molar-refractivity contribution in [2.45, 2.75) is 19.4 Å². The molecule has 16 heavy (non-hydrogen) atoms. The van der Waals surface area contributed by atoms with Crippen LogP contribution in [0.3, 0.4) is 0 Å². The molecule has 88 valence electrons. The van der Waals surface area contributed by atoms with Gasteiger partial charge in [0.15, 0.2) is 0 Å². The second kappa shape index (κ2) is 6.25. The molecule has 1 atom stereocenters. The van der Waals surface area contributed by atoms with Crippen LogP contribution in [0.2, 0.25) is 0 Å². The highest BCUT2D eigenvalue weighted by Gasteiger charge is 2.16. The Hall–Kier alpha value is -1.39. The maximum Gasteiger partial charge on any atom is 0.306 e. The van der Waals surface area contributed by atoms with Crippen molar-refractivity contribution < 1.29 is 15.0 Å². The number of carboxylic acid groups (broad SMARTS) is 1. The van der Waals surface area contributed by atoms with Crippen LogP contribution < -0.4 is 5.73 Å². The van der Waals surface area contributed by atoms with Gasteiger partial charge in [-0.3, -0.25) is 4.79 Å². The van der Waals surface area contributed by atoms with Crippen molar-refractivity contribution >= 4 is 5.97 Å². The fourth-order valence-corrected chi connectivity index (χ4v) is 1.58. The summed E-state index contributed by atoms with van der Waals surface area (Å²) in [5.74, 6) is -1.23. The molecule has 0 saturated carbocycles. The number of carbonyl (C=O) groups is 1. The van der Waals surface area contributed by atoms with Gasteiger partial charge in [-0.05, 0) is 30.5 Å². The second-order valence-electron chi connectivity index (χ2n) is 3.79. The standard InChI is InChI=1S/C12H17NO3/c13-6-5-11(12(15)16)7-9-1-3-10(8-14)4-2-9/h1-4,11,14H,5-8,13H2,(H,15,16). The summed E-state index contributed by atoms with van der Waals surface area (Å²) in [5.41, 5.74) is 7.15. The molecule has 0 fully saturated rings. The smallest absolute Gasteiger partial charge is 0.306 e. The Morgan fingerprint density at radius 1 is 1.25 bits per heavy atom. The van der Waals surface area contributed by atoms with Crippen LogP contribution in [0.15, 0.2) is 24.3 Å². The number of aliphatic carboxylic acids is 1. The van der Waals surface area contributed by atoms with Crippen LogP contribution in [0, 0.1) is 5.92 Å². The Morgan fingerprint density at radius 2 is 1.81 bits per heavy atom. The van der Waals surface area contributed by atoms with Gasteiger partial charge in [0.25, 0.3) is 0 Å². The van der Waals surface area contributed by atoms with Crippen LogP contribution >= 0.6 is 0 Å². The van der Waals surface area contributed by atoms with E-state index in [4.69, 9.17) is 15.9 Å². The van der Waals surface area contributed by atoms with E-state index >= 15 is 0 Å². The lowest BCUT2D eigenvalue weighted by atomic mass is 9.96. The summed E-state index contributed by atoms with van der Waals surface area (Å²) >= 11 is 0. The summed E-state index contributed by atoms with van der Waals surface area (Å²) in [6.45, 7) is 0.386. The Morgan fingerprint density at radius 3 is 2.25 bits per heavy atom. The minimum Gasteiger partial charge on any atom is -0.481 e. The zero-order valence-corrected chi connectivity index (χ0v) is 9.10. The lowest BCUT2D eigenvalue weighted by molar-refractivity contribution is -0.141. The first-order valence-electron chi connectivity index (χ1n) is 5.29. The normalized spacial score (nSPS) is 12.4. The molecule has 0 bridgehead atoms. The van der Waals surface area contributed by atoms with E-state index in [2.05, 4.69) is 0 Å². The molecule has 0 aliphatic carbocycles. The van der Waals surface area contributed by atoms with Gasteiger partial charge in [-0.25, -0.2) is 0 Å². The predicted molar refractivity (Wildman–Crippen MR) is 60.9 cm³/mol. The molecule has 4 N–H and O–H groups in total. The van der Waals surface area contributed by atoms with Crippen molar-refractivity contribution in [3.05, 3.63) is 35.4 Å². The zero-order chi connectivity index (χ0) is 12.0. The van der Waals surface area contributed by atoms with E-state index in [-0.39, 0.29) is 6.61 Å². The van der Waals surface area contributed by atoms with Gasteiger partial charge in [0.05, 0.1) is 12.5 Å². The molecule has 4 heteroatoms. The Labute approximate surface area is 94.7 Å². The number of benzene rings is 1. The van der Waals surface area contributed by atoms with Gasteiger partial charge in [-0.15, -0.1) is 0 Å². The number of hydrogen-bond donors (Lipinski definition) is 3. The Bertz CT molecular complexity index is 335. The maximum atomic E-state index is 10.9. The van der Waals surface area contributed by atoms with Gasteiger partial charge in [-0.2, -0.15) is 0 Å². The highest BCUT2D eigenvalue weighted by molar-refractivity contribution is 5.70. The van der Waals surface area contributed by atoms with E-state index in [1.807, 2.05) is 12.1 Å². The number of hydrogen-bond acceptors (Lipinski definition) is 3. The third kappa shape index (κ3) is 3.64. The van der Waals surface area contributed by atoms with E-state index in [0.717, 1.165) is 11.1 Å². The Balaban J connectivity index is 2.65. The van der Waals surface area contributed by atoms with E-state index in [9.17, 15) is 4.79 Å².